The van der Waals surface area contributed by atoms with Gasteiger partial charge in [0.2, 0.25) is 0 Å². The summed E-state index contributed by atoms with van der Waals surface area (Å²) < 4.78 is 1.79. The third-order valence-electron chi connectivity index (χ3n) is 5.29. The molecular formula is C16H24N6O. The van der Waals surface area contributed by atoms with Crippen LogP contribution in [0.15, 0.2) is 12.1 Å². The Bertz CT molecular complexity index is 702. The summed E-state index contributed by atoms with van der Waals surface area (Å²) in [6, 6.07) is 4.45. The van der Waals surface area contributed by atoms with Crippen LogP contribution >= 0.6 is 0 Å². The van der Waals surface area contributed by atoms with E-state index in [9.17, 15) is 5.11 Å². The zero-order valence-electron chi connectivity index (χ0n) is 13.8. The molecule has 1 aliphatic carbocycles. The van der Waals surface area contributed by atoms with E-state index in [4.69, 9.17) is 0 Å². The van der Waals surface area contributed by atoms with Gasteiger partial charge < -0.3 is 10.0 Å². The number of fused-ring (bicyclic) bond motifs is 1. The predicted octanol–water partition coefficient (Wildman–Crippen LogP) is 0.858. The lowest BCUT2D eigenvalue weighted by Crippen LogP contribution is -2.61. The summed E-state index contributed by atoms with van der Waals surface area (Å²) >= 11 is 0. The van der Waals surface area contributed by atoms with Crippen molar-refractivity contribution in [2.75, 3.05) is 31.6 Å². The third kappa shape index (κ3) is 2.68. The summed E-state index contributed by atoms with van der Waals surface area (Å²) in [5.41, 5.74) is 0.315. The summed E-state index contributed by atoms with van der Waals surface area (Å²) in [6.07, 6.45) is 4.20. The molecule has 3 heterocycles. The van der Waals surface area contributed by atoms with Crippen LogP contribution in [0.25, 0.3) is 5.65 Å². The van der Waals surface area contributed by atoms with Crippen LogP contribution in [0.3, 0.4) is 0 Å². The first-order chi connectivity index (χ1) is 11.0. The van der Waals surface area contributed by atoms with Crippen molar-refractivity contribution in [2.45, 2.75) is 44.2 Å². The number of hydrogen-bond acceptors (Lipinski definition) is 6. The van der Waals surface area contributed by atoms with Crippen LogP contribution in [0.4, 0.5) is 5.82 Å². The summed E-state index contributed by atoms with van der Waals surface area (Å²) in [5.74, 6) is 1.77. The number of anilines is 1. The first-order valence-corrected chi connectivity index (χ1v) is 8.41. The molecule has 124 valence electrons. The van der Waals surface area contributed by atoms with Crippen LogP contribution in [0.5, 0.6) is 0 Å². The van der Waals surface area contributed by atoms with E-state index >= 15 is 0 Å². The lowest BCUT2D eigenvalue weighted by atomic mass is 9.99. The number of likely N-dealkylation sites (N-methyl/N-ethyl adjacent to an activating group) is 1. The Hall–Kier alpha value is -1.73. The molecule has 4 rings (SSSR count). The largest absolute Gasteiger partial charge is 0.389 e. The van der Waals surface area contributed by atoms with Gasteiger partial charge in [-0.1, -0.05) is 12.8 Å². The highest BCUT2D eigenvalue weighted by Gasteiger charge is 2.37. The SMILES string of the molecule is Cc1nnc2ccc(N3CC(N(C)CC4(O)CCCC4)C3)nn12. The highest BCUT2D eigenvalue weighted by Crippen LogP contribution is 2.31. The second-order valence-corrected chi connectivity index (χ2v) is 7.11. The molecule has 0 atom stereocenters. The molecule has 7 heteroatoms. The standard InChI is InChI=1S/C16H24N6O/c1-12-17-18-14-5-6-15(19-22(12)14)21-9-13(10-21)20(2)11-16(23)7-3-4-8-16/h5-6,13,23H,3-4,7-11H2,1-2H3. The topological polar surface area (TPSA) is 69.8 Å². The first kappa shape index (κ1) is 14.8. The van der Waals surface area contributed by atoms with Crippen LogP contribution in [0.1, 0.15) is 31.5 Å². The van der Waals surface area contributed by atoms with Crippen molar-refractivity contribution in [3.63, 3.8) is 0 Å². The molecule has 1 saturated heterocycles. The van der Waals surface area contributed by atoms with Crippen molar-refractivity contribution < 1.29 is 5.11 Å². The molecule has 2 aromatic rings. The van der Waals surface area contributed by atoms with Gasteiger partial charge in [0.15, 0.2) is 11.5 Å². The van der Waals surface area contributed by atoms with Crippen molar-refractivity contribution in [1.82, 2.24) is 24.7 Å². The minimum absolute atomic E-state index is 0.466. The molecule has 0 radical (unpaired) electrons. The predicted molar refractivity (Wildman–Crippen MR) is 87.6 cm³/mol. The van der Waals surface area contributed by atoms with E-state index in [1.807, 2.05) is 19.1 Å². The van der Waals surface area contributed by atoms with Crippen molar-refractivity contribution >= 4 is 11.5 Å². The van der Waals surface area contributed by atoms with Gasteiger partial charge in [0.25, 0.3) is 0 Å². The Labute approximate surface area is 135 Å². The smallest absolute Gasteiger partial charge is 0.178 e. The van der Waals surface area contributed by atoms with Crippen LogP contribution in [-0.2, 0) is 0 Å². The number of aryl methyl sites for hydroxylation is 1. The number of aliphatic hydroxyl groups is 1. The van der Waals surface area contributed by atoms with Gasteiger partial charge in [0.05, 0.1) is 5.60 Å². The van der Waals surface area contributed by atoms with Crippen molar-refractivity contribution in [1.29, 1.82) is 0 Å². The van der Waals surface area contributed by atoms with Gasteiger partial charge in [0, 0.05) is 25.7 Å². The lowest BCUT2D eigenvalue weighted by molar-refractivity contribution is 0.00181. The zero-order valence-corrected chi connectivity index (χ0v) is 13.8. The van der Waals surface area contributed by atoms with E-state index in [-0.39, 0.29) is 0 Å². The van der Waals surface area contributed by atoms with Crippen LogP contribution in [-0.4, -0.2) is 68.1 Å². The van der Waals surface area contributed by atoms with Crippen LogP contribution in [0.2, 0.25) is 0 Å². The quantitative estimate of drug-likeness (QED) is 0.902. The Kier molecular flexibility index (Phi) is 3.50. The monoisotopic (exact) mass is 316 g/mol. The Morgan fingerprint density at radius 1 is 1.26 bits per heavy atom. The molecule has 2 fully saturated rings. The van der Waals surface area contributed by atoms with Crippen molar-refractivity contribution in [3.8, 4) is 0 Å². The summed E-state index contributed by atoms with van der Waals surface area (Å²) in [7, 11) is 2.12. The van der Waals surface area contributed by atoms with E-state index in [0.717, 1.165) is 62.6 Å². The Morgan fingerprint density at radius 3 is 2.74 bits per heavy atom. The minimum Gasteiger partial charge on any atom is -0.389 e. The highest BCUT2D eigenvalue weighted by atomic mass is 16.3. The molecule has 7 nitrogen and oxygen atoms in total. The lowest BCUT2D eigenvalue weighted by Gasteiger charge is -2.46. The molecule has 1 saturated carbocycles. The molecule has 0 bridgehead atoms. The van der Waals surface area contributed by atoms with Gasteiger partial charge in [-0.2, -0.15) is 4.52 Å². The fourth-order valence-electron chi connectivity index (χ4n) is 3.76. The fourth-order valence-corrected chi connectivity index (χ4v) is 3.76. The van der Waals surface area contributed by atoms with Crippen LogP contribution < -0.4 is 4.90 Å². The molecule has 1 aliphatic heterocycles. The van der Waals surface area contributed by atoms with E-state index in [1.54, 1.807) is 4.52 Å². The van der Waals surface area contributed by atoms with Gasteiger partial charge in [-0.15, -0.1) is 15.3 Å². The Balaban J connectivity index is 1.39. The van der Waals surface area contributed by atoms with Crippen molar-refractivity contribution in [2.24, 2.45) is 0 Å². The normalized spacial score (nSPS) is 21.3. The maximum Gasteiger partial charge on any atom is 0.178 e. The minimum atomic E-state index is -0.466. The van der Waals surface area contributed by atoms with E-state index < -0.39 is 5.60 Å². The maximum absolute atomic E-state index is 10.6. The van der Waals surface area contributed by atoms with Gasteiger partial charge in [-0.05, 0) is 38.9 Å². The molecule has 2 aliphatic rings. The highest BCUT2D eigenvalue weighted by molar-refractivity contribution is 5.47. The molecule has 0 spiro atoms. The van der Waals surface area contributed by atoms with E-state index in [0.29, 0.717) is 6.04 Å². The molecule has 23 heavy (non-hydrogen) atoms. The molecular weight excluding hydrogens is 292 g/mol. The molecule has 0 amide bonds. The van der Waals surface area contributed by atoms with Crippen molar-refractivity contribution in [3.05, 3.63) is 18.0 Å². The average Bonchev–Trinajstić information content (AvgIpc) is 3.04. The number of aromatic nitrogens is 4. The van der Waals surface area contributed by atoms with Gasteiger partial charge in [-0.25, -0.2) is 0 Å². The van der Waals surface area contributed by atoms with Gasteiger partial charge in [-0.3, -0.25) is 4.90 Å². The zero-order chi connectivity index (χ0) is 16.0. The second-order valence-electron chi connectivity index (χ2n) is 7.11. The maximum atomic E-state index is 10.6. The second kappa shape index (κ2) is 5.42. The van der Waals surface area contributed by atoms with Gasteiger partial charge in [0.1, 0.15) is 5.82 Å². The summed E-state index contributed by atoms with van der Waals surface area (Å²) in [6.45, 7) is 4.59. The summed E-state index contributed by atoms with van der Waals surface area (Å²) in [5, 5.41) is 23.3. The molecule has 1 N–H and O–H groups in total. The van der Waals surface area contributed by atoms with E-state index in [1.165, 1.54) is 0 Å². The number of hydrogen-bond donors (Lipinski definition) is 1. The first-order valence-electron chi connectivity index (χ1n) is 8.41. The average molecular weight is 316 g/mol. The van der Waals surface area contributed by atoms with Crippen LogP contribution in [0, 0.1) is 6.92 Å². The third-order valence-corrected chi connectivity index (χ3v) is 5.29. The molecule has 2 aromatic heterocycles. The molecule has 0 aromatic carbocycles. The summed E-state index contributed by atoms with van der Waals surface area (Å²) in [4.78, 5) is 4.57. The van der Waals surface area contributed by atoms with Gasteiger partial charge >= 0.3 is 0 Å². The molecule has 0 unspecified atom stereocenters. The number of nitrogens with zero attached hydrogens (tertiary/aromatic N) is 6. The fraction of sp³-hybridized carbons (Fsp3) is 0.688. The Morgan fingerprint density at radius 2 is 2.00 bits per heavy atom. The van der Waals surface area contributed by atoms with E-state index in [2.05, 4.69) is 32.1 Å². The number of rotatable bonds is 4.